The molecule has 0 spiro atoms. The van der Waals surface area contributed by atoms with Gasteiger partial charge in [-0.15, -0.1) is 0 Å². The number of nitrogens with zero attached hydrogens (tertiary/aromatic N) is 1. The maximum atomic E-state index is 4.30. The van der Waals surface area contributed by atoms with E-state index in [4.69, 9.17) is 0 Å². The molecule has 2 N–H and O–H groups in total. The van der Waals surface area contributed by atoms with Gasteiger partial charge in [0, 0.05) is 11.2 Å². The highest BCUT2D eigenvalue weighted by molar-refractivity contribution is 5.78. The Balaban J connectivity index is 1.48. The van der Waals surface area contributed by atoms with Crippen LogP contribution in [0.15, 0.2) is 24.5 Å². The molecule has 0 atom stereocenters. The second-order valence-electron chi connectivity index (χ2n) is 7.46. The summed E-state index contributed by atoms with van der Waals surface area (Å²) in [7, 11) is 0. The summed E-state index contributed by atoms with van der Waals surface area (Å²) in [6.45, 7) is 0. The molecule has 4 fully saturated rings. The lowest BCUT2D eigenvalue weighted by atomic mass is 9.53. The minimum absolute atomic E-state index is 0.391. The molecule has 4 aliphatic carbocycles. The van der Waals surface area contributed by atoms with Crippen LogP contribution in [0.2, 0.25) is 0 Å². The number of hydrogen-bond donors (Lipinski definition) is 2. The Bertz CT molecular complexity index is 622. The summed E-state index contributed by atoms with van der Waals surface area (Å²) in [5, 5.41) is 3.92. The normalized spacial score (nSPS) is 38.5. The number of benzene rings is 1. The zero-order valence-electron chi connectivity index (χ0n) is 11.7. The van der Waals surface area contributed by atoms with Crippen LogP contribution in [0.25, 0.3) is 11.0 Å². The van der Waals surface area contributed by atoms with Gasteiger partial charge in [0.25, 0.3) is 0 Å². The summed E-state index contributed by atoms with van der Waals surface area (Å²) in [6.07, 6.45) is 10.4. The van der Waals surface area contributed by atoms with Gasteiger partial charge in [-0.1, -0.05) is 0 Å². The van der Waals surface area contributed by atoms with Crippen molar-refractivity contribution in [3.8, 4) is 0 Å². The van der Waals surface area contributed by atoms with E-state index in [9.17, 15) is 0 Å². The van der Waals surface area contributed by atoms with Crippen molar-refractivity contribution < 1.29 is 0 Å². The van der Waals surface area contributed by atoms with E-state index in [0.717, 1.165) is 28.8 Å². The molecule has 0 aliphatic heterocycles. The number of anilines is 1. The maximum absolute atomic E-state index is 4.30. The van der Waals surface area contributed by atoms with Gasteiger partial charge in [0.05, 0.1) is 17.4 Å². The lowest BCUT2D eigenvalue weighted by Crippen LogP contribution is -2.54. The fourth-order valence-corrected chi connectivity index (χ4v) is 5.58. The number of nitrogens with one attached hydrogen (secondary N) is 2. The number of hydrogen-bond acceptors (Lipinski definition) is 2. The molecule has 0 radical (unpaired) electrons. The molecule has 2 aromatic rings. The Labute approximate surface area is 119 Å². The third kappa shape index (κ3) is 1.62. The van der Waals surface area contributed by atoms with Crippen LogP contribution >= 0.6 is 0 Å². The summed E-state index contributed by atoms with van der Waals surface area (Å²) in [5.74, 6) is 2.97. The number of aromatic amines is 1. The van der Waals surface area contributed by atoms with Gasteiger partial charge in [-0.3, -0.25) is 0 Å². The van der Waals surface area contributed by atoms with Gasteiger partial charge in [0.2, 0.25) is 0 Å². The lowest BCUT2D eigenvalue weighted by Gasteiger charge is -2.57. The fourth-order valence-electron chi connectivity index (χ4n) is 5.58. The smallest absolute Gasteiger partial charge is 0.0931 e. The molecule has 4 aliphatic rings. The first-order chi connectivity index (χ1) is 9.78. The largest absolute Gasteiger partial charge is 0.380 e. The molecular weight excluding hydrogens is 246 g/mol. The van der Waals surface area contributed by atoms with Crippen LogP contribution in [0, 0.1) is 17.8 Å². The standard InChI is InChI=1S/C17H21N3/c1-2-15-16(19-10-18-15)6-14(1)20-17-7-11-3-12(8-17)5-13(4-11)9-17/h1-2,6,10-13,20H,3-5,7-9H2,(H,18,19). The van der Waals surface area contributed by atoms with Gasteiger partial charge < -0.3 is 10.3 Å². The highest BCUT2D eigenvalue weighted by atomic mass is 15.0. The van der Waals surface area contributed by atoms with Crippen LogP contribution in [-0.2, 0) is 0 Å². The average molecular weight is 267 g/mol. The van der Waals surface area contributed by atoms with Crippen molar-refractivity contribution >= 4 is 16.7 Å². The van der Waals surface area contributed by atoms with Gasteiger partial charge in [-0.2, -0.15) is 0 Å². The molecule has 0 amide bonds. The van der Waals surface area contributed by atoms with Crippen molar-refractivity contribution in [2.45, 2.75) is 44.1 Å². The van der Waals surface area contributed by atoms with E-state index in [1.165, 1.54) is 44.2 Å². The van der Waals surface area contributed by atoms with E-state index in [0.29, 0.717) is 5.54 Å². The molecule has 1 aromatic heterocycles. The van der Waals surface area contributed by atoms with Crippen molar-refractivity contribution in [3.63, 3.8) is 0 Å². The summed E-state index contributed by atoms with van der Waals surface area (Å²) >= 11 is 0. The average Bonchev–Trinajstić information content (AvgIpc) is 2.83. The molecule has 1 heterocycles. The minimum Gasteiger partial charge on any atom is -0.380 e. The number of rotatable bonds is 2. The number of aromatic nitrogens is 2. The van der Waals surface area contributed by atoms with Gasteiger partial charge in [0.15, 0.2) is 0 Å². The van der Waals surface area contributed by atoms with Crippen molar-refractivity contribution in [1.29, 1.82) is 0 Å². The van der Waals surface area contributed by atoms with E-state index in [1.54, 1.807) is 6.33 Å². The number of imidazole rings is 1. The summed E-state index contributed by atoms with van der Waals surface area (Å²) in [5.41, 5.74) is 3.85. The second kappa shape index (κ2) is 3.78. The first kappa shape index (κ1) is 11.2. The highest BCUT2D eigenvalue weighted by Crippen LogP contribution is 2.56. The third-order valence-electron chi connectivity index (χ3n) is 5.87. The summed E-state index contributed by atoms with van der Waals surface area (Å²) in [6, 6.07) is 6.54. The molecule has 3 nitrogen and oxygen atoms in total. The maximum Gasteiger partial charge on any atom is 0.0931 e. The topological polar surface area (TPSA) is 40.7 Å². The quantitative estimate of drug-likeness (QED) is 0.865. The van der Waals surface area contributed by atoms with Crippen LogP contribution in [-0.4, -0.2) is 15.5 Å². The van der Waals surface area contributed by atoms with Gasteiger partial charge in [0.1, 0.15) is 0 Å². The second-order valence-corrected chi connectivity index (χ2v) is 7.46. The zero-order chi connectivity index (χ0) is 13.2. The van der Waals surface area contributed by atoms with Crippen molar-refractivity contribution in [1.82, 2.24) is 9.97 Å². The molecule has 0 unspecified atom stereocenters. The predicted molar refractivity (Wildman–Crippen MR) is 80.6 cm³/mol. The van der Waals surface area contributed by atoms with Crippen LogP contribution in [0.5, 0.6) is 0 Å². The molecule has 104 valence electrons. The monoisotopic (exact) mass is 267 g/mol. The Morgan fingerprint density at radius 2 is 1.75 bits per heavy atom. The van der Waals surface area contributed by atoms with E-state index >= 15 is 0 Å². The van der Waals surface area contributed by atoms with E-state index in [1.807, 2.05) is 0 Å². The Morgan fingerprint density at radius 1 is 1.05 bits per heavy atom. The Hall–Kier alpha value is -1.51. The van der Waals surface area contributed by atoms with Gasteiger partial charge in [-0.25, -0.2) is 4.98 Å². The Kier molecular flexibility index (Phi) is 2.11. The molecular formula is C17H21N3. The fraction of sp³-hybridized carbons (Fsp3) is 0.588. The molecule has 6 rings (SSSR count). The first-order valence-corrected chi connectivity index (χ1v) is 7.99. The molecule has 0 saturated heterocycles. The van der Waals surface area contributed by atoms with E-state index < -0.39 is 0 Å². The molecule has 3 heteroatoms. The van der Waals surface area contributed by atoms with Crippen molar-refractivity contribution in [2.75, 3.05) is 5.32 Å². The van der Waals surface area contributed by atoms with Gasteiger partial charge in [-0.05, 0) is 74.5 Å². The van der Waals surface area contributed by atoms with Crippen molar-refractivity contribution in [2.24, 2.45) is 17.8 Å². The number of H-pyrrole nitrogens is 1. The summed E-state index contributed by atoms with van der Waals surface area (Å²) in [4.78, 5) is 7.52. The third-order valence-corrected chi connectivity index (χ3v) is 5.87. The van der Waals surface area contributed by atoms with E-state index in [2.05, 4.69) is 33.5 Å². The zero-order valence-corrected chi connectivity index (χ0v) is 11.7. The SMILES string of the molecule is c1nc2ccc(NC34CC5CC(CC(C5)C3)C4)cc2[nH]1. The summed E-state index contributed by atoms with van der Waals surface area (Å²) < 4.78 is 0. The Morgan fingerprint density at radius 3 is 2.45 bits per heavy atom. The highest BCUT2D eigenvalue weighted by Gasteiger charge is 2.50. The van der Waals surface area contributed by atoms with Crippen LogP contribution in [0.1, 0.15) is 38.5 Å². The lowest BCUT2D eigenvalue weighted by molar-refractivity contribution is 0.0107. The van der Waals surface area contributed by atoms with Crippen LogP contribution in [0.3, 0.4) is 0 Å². The van der Waals surface area contributed by atoms with Crippen LogP contribution < -0.4 is 5.32 Å². The molecule has 1 aromatic carbocycles. The van der Waals surface area contributed by atoms with Gasteiger partial charge >= 0.3 is 0 Å². The van der Waals surface area contributed by atoms with E-state index in [-0.39, 0.29) is 0 Å². The van der Waals surface area contributed by atoms with Crippen molar-refractivity contribution in [3.05, 3.63) is 24.5 Å². The minimum atomic E-state index is 0.391. The number of fused-ring (bicyclic) bond motifs is 1. The molecule has 4 saturated carbocycles. The molecule has 20 heavy (non-hydrogen) atoms. The predicted octanol–water partition coefficient (Wildman–Crippen LogP) is 3.94. The molecule has 4 bridgehead atoms. The first-order valence-electron chi connectivity index (χ1n) is 7.99. The van der Waals surface area contributed by atoms with Crippen LogP contribution in [0.4, 0.5) is 5.69 Å².